The molecule has 1 nitrogen and oxygen atoms in total. The van der Waals surface area contributed by atoms with Crippen LogP contribution in [0.1, 0.15) is 25.0 Å². The van der Waals surface area contributed by atoms with Crippen molar-refractivity contribution in [1.29, 1.82) is 0 Å². The zero-order valence-corrected chi connectivity index (χ0v) is 10.9. The molecule has 0 aromatic heterocycles. The Morgan fingerprint density at radius 2 is 1.57 bits per heavy atom. The van der Waals surface area contributed by atoms with Crippen LogP contribution in [0.25, 0.3) is 0 Å². The van der Waals surface area contributed by atoms with Gasteiger partial charge in [0.25, 0.3) is 0 Å². The summed E-state index contributed by atoms with van der Waals surface area (Å²) in [6, 6.07) is 6.56. The maximum atomic E-state index is 5.57. The van der Waals surface area contributed by atoms with Gasteiger partial charge in [-0.25, -0.2) is 0 Å². The monoisotopic (exact) mass is 232 g/mol. The standard InChI is InChI=1S/C11H17OP.ClH/c1-8(2)12-13-11-6-9(3)5-10(4)7-11;/h5-8,13H,1-4H3;1H. The van der Waals surface area contributed by atoms with Crippen LogP contribution in [0.3, 0.4) is 0 Å². The summed E-state index contributed by atoms with van der Waals surface area (Å²) < 4.78 is 5.57. The van der Waals surface area contributed by atoms with Gasteiger partial charge in [-0.15, -0.1) is 12.4 Å². The Bertz CT molecular complexity index is 266. The molecule has 1 atom stereocenters. The summed E-state index contributed by atoms with van der Waals surface area (Å²) in [5.41, 5.74) is 2.63. The molecular weight excluding hydrogens is 215 g/mol. The van der Waals surface area contributed by atoms with Crippen molar-refractivity contribution in [2.75, 3.05) is 0 Å². The van der Waals surface area contributed by atoms with E-state index >= 15 is 0 Å². The normalized spacial score (nSPS) is 10.9. The third-order valence-electron chi connectivity index (χ3n) is 1.63. The van der Waals surface area contributed by atoms with E-state index in [0.717, 1.165) is 0 Å². The minimum Gasteiger partial charge on any atom is -0.355 e. The predicted octanol–water partition coefficient (Wildman–Crippen LogP) is 3.37. The molecule has 0 aliphatic carbocycles. The summed E-state index contributed by atoms with van der Waals surface area (Å²) in [6.07, 6.45) is 0.319. The topological polar surface area (TPSA) is 9.23 Å². The van der Waals surface area contributed by atoms with Gasteiger partial charge in [0.1, 0.15) is 0 Å². The van der Waals surface area contributed by atoms with E-state index in [1.165, 1.54) is 16.4 Å². The molecule has 0 saturated carbocycles. The van der Waals surface area contributed by atoms with Gasteiger partial charge in [0, 0.05) is 8.81 Å². The number of hydrogen-bond acceptors (Lipinski definition) is 1. The molecule has 0 spiro atoms. The first-order chi connectivity index (χ1) is 6.08. The smallest absolute Gasteiger partial charge is 0.0562 e. The molecule has 1 unspecified atom stereocenters. The molecule has 80 valence electrons. The van der Waals surface area contributed by atoms with Gasteiger partial charge in [0.2, 0.25) is 0 Å². The molecule has 1 rings (SSSR count). The van der Waals surface area contributed by atoms with Crippen LogP contribution in [0.2, 0.25) is 0 Å². The fourth-order valence-electron chi connectivity index (χ4n) is 1.22. The average Bonchev–Trinajstić information content (AvgIpc) is 1.99. The Hall–Kier alpha value is -0.100. The number of rotatable bonds is 3. The molecule has 0 saturated heterocycles. The average molecular weight is 233 g/mol. The molecule has 0 aliphatic rings. The molecule has 0 fully saturated rings. The Labute approximate surface area is 94.5 Å². The lowest BCUT2D eigenvalue weighted by Crippen LogP contribution is -2.01. The van der Waals surface area contributed by atoms with E-state index in [1.807, 2.05) is 0 Å². The van der Waals surface area contributed by atoms with Crippen LogP contribution < -0.4 is 5.30 Å². The van der Waals surface area contributed by atoms with Gasteiger partial charge in [-0.05, 0) is 45.1 Å². The van der Waals surface area contributed by atoms with Crippen LogP contribution in [-0.4, -0.2) is 6.10 Å². The first-order valence-electron chi connectivity index (χ1n) is 4.58. The van der Waals surface area contributed by atoms with Crippen LogP contribution in [0.4, 0.5) is 0 Å². The van der Waals surface area contributed by atoms with Crippen molar-refractivity contribution in [3.05, 3.63) is 29.3 Å². The largest absolute Gasteiger partial charge is 0.355 e. The fraction of sp³-hybridized carbons (Fsp3) is 0.455. The van der Waals surface area contributed by atoms with Crippen molar-refractivity contribution in [3.8, 4) is 0 Å². The molecule has 0 amide bonds. The Morgan fingerprint density at radius 3 is 2.00 bits per heavy atom. The van der Waals surface area contributed by atoms with E-state index in [4.69, 9.17) is 4.52 Å². The van der Waals surface area contributed by atoms with Crippen molar-refractivity contribution >= 4 is 26.5 Å². The maximum Gasteiger partial charge on any atom is 0.0562 e. The summed E-state index contributed by atoms with van der Waals surface area (Å²) in [5.74, 6) is 0. The second kappa shape index (κ2) is 6.40. The maximum absolute atomic E-state index is 5.57. The van der Waals surface area contributed by atoms with E-state index in [1.54, 1.807) is 0 Å². The molecular formula is C11H18ClOP. The first kappa shape index (κ1) is 13.9. The molecule has 14 heavy (non-hydrogen) atoms. The van der Waals surface area contributed by atoms with Gasteiger partial charge < -0.3 is 4.52 Å². The van der Waals surface area contributed by atoms with Crippen LogP contribution in [0.15, 0.2) is 18.2 Å². The van der Waals surface area contributed by atoms with Gasteiger partial charge in [0.05, 0.1) is 6.10 Å². The van der Waals surface area contributed by atoms with Crippen molar-refractivity contribution < 1.29 is 4.52 Å². The van der Waals surface area contributed by atoms with E-state index in [-0.39, 0.29) is 12.4 Å². The minimum atomic E-state index is 0. The summed E-state index contributed by atoms with van der Waals surface area (Å²) in [5, 5.41) is 1.30. The highest BCUT2D eigenvalue weighted by atomic mass is 35.5. The van der Waals surface area contributed by atoms with Crippen molar-refractivity contribution in [2.24, 2.45) is 0 Å². The van der Waals surface area contributed by atoms with Crippen LogP contribution in [0, 0.1) is 13.8 Å². The lowest BCUT2D eigenvalue weighted by atomic mass is 10.2. The molecule has 0 bridgehead atoms. The van der Waals surface area contributed by atoms with Crippen molar-refractivity contribution in [2.45, 2.75) is 33.8 Å². The number of benzene rings is 1. The highest BCUT2D eigenvalue weighted by Gasteiger charge is 1.98. The summed E-state index contributed by atoms with van der Waals surface area (Å²) >= 11 is 0. The third-order valence-corrected chi connectivity index (χ3v) is 2.75. The molecule has 0 N–H and O–H groups in total. The van der Waals surface area contributed by atoms with E-state index in [2.05, 4.69) is 45.9 Å². The SMILES string of the molecule is Cc1cc(C)cc(POC(C)C)c1.Cl. The molecule has 3 heteroatoms. The van der Waals surface area contributed by atoms with Crippen LogP contribution in [0.5, 0.6) is 0 Å². The van der Waals surface area contributed by atoms with Gasteiger partial charge in [-0.2, -0.15) is 0 Å². The second-order valence-corrected chi connectivity index (χ2v) is 4.66. The minimum absolute atomic E-state index is 0. The van der Waals surface area contributed by atoms with E-state index in [9.17, 15) is 0 Å². The Balaban J connectivity index is 0.00000169. The molecule has 0 radical (unpaired) electrons. The Kier molecular flexibility index (Phi) is 6.35. The summed E-state index contributed by atoms with van der Waals surface area (Å²) in [4.78, 5) is 0. The number of aryl methyl sites for hydroxylation is 2. The lowest BCUT2D eigenvalue weighted by molar-refractivity contribution is 0.282. The van der Waals surface area contributed by atoms with Gasteiger partial charge >= 0.3 is 0 Å². The highest BCUT2D eigenvalue weighted by Crippen LogP contribution is 2.16. The molecule has 1 aromatic rings. The third kappa shape index (κ3) is 4.95. The zero-order valence-electron chi connectivity index (χ0n) is 9.13. The zero-order chi connectivity index (χ0) is 9.84. The quantitative estimate of drug-likeness (QED) is 0.726. The van der Waals surface area contributed by atoms with Crippen molar-refractivity contribution in [1.82, 2.24) is 0 Å². The van der Waals surface area contributed by atoms with Crippen LogP contribution >= 0.6 is 21.2 Å². The molecule has 1 aromatic carbocycles. The summed E-state index contributed by atoms with van der Waals surface area (Å²) in [6.45, 7) is 8.37. The van der Waals surface area contributed by atoms with Gasteiger partial charge in [-0.1, -0.05) is 17.2 Å². The second-order valence-electron chi connectivity index (χ2n) is 3.65. The number of hydrogen-bond donors (Lipinski definition) is 0. The molecule has 0 heterocycles. The summed E-state index contributed by atoms with van der Waals surface area (Å²) in [7, 11) is 0.478. The predicted molar refractivity (Wildman–Crippen MR) is 67.3 cm³/mol. The Morgan fingerprint density at radius 1 is 1.07 bits per heavy atom. The highest BCUT2D eigenvalue weighted by molar-refractivity contribution is 7.41. The van der Waals surface area contributed by atoms with Crippen molar-refractivity contribution in [3.63, 3.8) is 0 Å². The lowest BCUT2D eigenvalue weighted by Gasteiger charge is -2.08. The molecule has 0 aliphatic heterocycles. The van der Waals surface area contributed by atoms with Gasteiger partial charge in [-0.3, -0.25) is 0 Å². The van der Waals surface area contributed by atoms with Gasteiger partial charge in [0.15, 0.2) is 0 Å². The number of halogens is 1. The van der Waals surface area contributed by atoms with E-state index in [0.29, 0.717) is 14.9 Å². The van der Waals surface area contributed by atoms with Crippen LogP contribution in [-0.2, 0) is 4.52 Å². The first-order valence-corrected chi connectivity index (χ1v) is 5.48. The van der Waals surface area contributed by atoms with E-state index < -0.39 is 0 Å². The fourth-order valence-corrected chi connectivity index (χ4v) is 2.16.